The third kappa shape index (κ3) is 3.73. The number of benzene rings is 1. The molecule has 3 N–H and O–H groups in total. The van der Waals surface area contributed by atoms with E-state index >= 15 is 0 Å². The number of aryl methyl sites for hydroxylation is 1. The third-order valence-corrected chi connectivity index (χ3v) is 5.19. The summed E-state index contributed by atoms with van der Waals surface area (Å²) in [6, 6.07) is 11.5. The molecule has 0 spiro atoms. The standard InChI is InChI=1S/C21H20ClN7O/c1-12-7-18(28-27-12)26-21-25-17(9-19-23-16(10-22)11-29(19)21)13-3-2-4-14(8-13)20(30)24-15-5-6-15/h2-4,7-9,11,15H,5-6,10H2,1H3,(H,24,30)(H2,25,26,27,28). The molecule has 3 heterocycles. The molecule has 0 unspecified atom stereocenters. The summed E-state index contributed by atoms with van der Waals surface area (Å²) in [6.07, 6.45) is 3.95. The lowest BCUT2D eigenvalue weighted by Gasteiger charge is -2.10. The van der Waals surface area contributed by atoms with E-state index in [1.807, 2.05) is 53.9 Å². The van der Waals surface area contributed by atoms with E-state index in [2.05, 4.69) is 25.8 Å². The highest BCUT2D eigenvalue weighted by atomic mass is 35.5. The number of aromatic nitrogens is 5. The predicted octanol–water partition coefficient (Wildman–Crippen LogP) is 3.80. The monoisotopic (exact) mass is 421 g/mol. The topological polar surface area (TPSA) is 100 Å². The summed E-state index contributed by atoms with van der Waals surface area (Å²) in [6.45, 7) is 1.93. The second-order valence-electron chi connectivity index (χ2n) is 7.45. The summed E-state index contributed by atoms with van der Waals surface area (Å²) in [5, 5.41) is 13.4. The molecule has 0 saturated heterocycles. The number of aromatic amines is 1. The van der Waals surface area contributed by atoms with Crippen LogP contribution in [0.5, 0.6) is 0 Å². The molecule has 4 aromatic rings. The smallest absolute Gasteiger partial charge is 0.251 e. The Labute approximate surface area is 177 Å². The largest absolute Gasteiger partial charge is 0.349 e. The Kier molecular flexibility index (Phi) is 4.63. The van der Waals surface area contributed by atoms with Crippen molar-refractivity contribution in [3.63, 3.8) is 0 Å². The van der Waals surface area contributed by atoms with E-state index in [1.165, 1.54) is 0 Å². The van der Waals surface area contributed by atoms with Gasteiger partial charge in [0, 0.05) is 41.2 Å². The van der Waals surface area contributed by atoms with Gasteiger partial charge in [0.05, 0.1) is 17.3 Å². The molecule has 1 aliphatic carbocycles. The minimum atomic E-state index is -0.0592. The van der Waals surface area contributed by atoms with Crippen LogP contribution >= 0.6 is 11.6 Å². The third-order valence-electron chi connectivity index (χ3n) is 4.92. The van der Waals surface area contributed by atoms with Crippen molar-refractivity contribution < 1.29 is 4.79 Å². The molecule has 8 nitrogen and oxygen atoms in total. The Balaban J connectivity index is 1.56. The van der Waals surface area contributed by atoms with E-state index < -0.39 is 0 Å². The number of alkyl halides is 1. The van der Waals surface area contributed by atoms with Crippen molar-refractivity contribution in [3.8, 4) is 11.3 Å². The lowest BCUT2D eigenvalue weighted by molar-refractivity contribution is 0.0951. The maximum absolute atomic E-state index is 12.5. The Hall–Kier alpha value is -3.39. The molecular weight excluding hydrogens is 402 g/mol. The first-order valence-corrected chi connectivity index (χ1v) is 10.3. The maximum atomic E-state index is 12.5. The fraction of sp³-hybridized carbons (Fsp3) is 0.238. The van der Waals surface area contributed by atoms with Gasteiger partial charge in [-0.2, -0.15) is 5.10 Å². The van der Waals surface area contributed by atoms with Gasteiger partial charge in [0.2, 0.25) is 5.95 Å². The lowest BCUT2D eigenvalue weighted by Crippen LogP contribution is -2.25. The summed E-state index contributed by atoms with van der Waals surface area (Å²) in [7, 11) is 0. The average Bonchev–Trinajstić information content (AvgIpc) is 3.30. The van der Waals surface area contributed by atoms with E-state index in [0.29, 0.717) is 40.6 Å². The fourth-order valence-corrected chi connectivity index (χ4v) is 3.38. The summed E-state index contributed by atoms with van der Waals surface area (Å²) in [5.74, 6) is 1.45. The second kappa shape index (κ2) is 7.46. The van der Waals surface area contributed by atoms with E-state index in [4.69, 9.17) is 16.6 Å². The van der Waals surface area contributed by atoms with Gasteiger partial charge >= 0.3 is 0 Å². The Morgan fingerprint density at radius 1 is 1.27 bits per heavy atom. The first-order valence-electron chi connectivity index (χ1n) is 9.74. The molecule has 0 atom stereocenters. The molecule has 1 saturated carbocycles. The highest BCUT2D eigenvalue weighted by molar-refractivity contribution is 6.16. The van der Waals surface area contributed by atoms with Crippen molar-refractivity contribution in [2.24, 2.45) is 0 Å². The number of amides is 1. The average molecular weight is 422 g/mol. The zero-order chi connectivity index (χ0) is 20.7. The molecule has 9 heteroatoms. The van der Waals surface area contributed by atoms with Crippen LogP contribution in [0, 0.1) is 6.92 Å². The first-order chi connectivity index (χ1) is 14.6. The SMILES string of the molecule is Cc1cc(Nc2nc(-c3cccc(C(=O)NC4CC4)c3)cc3nc(CCl)cn23)n[nH]1. The molecule has 152 valence electrons. The van der Waals surface area contributed by atoms with Crippen LogP contribution in [-0.4, -0.2) is 36.5 Å². The summed E-state index contributed by atoms with van der Waals surface area (Å²) >= 11 is 5.99. The minimum absolute atomic E-state index is 0.0592. The van der Waals surface area contributed by atoms with Gasteiger partial charge in [0.25, 0.3) is 5.91 Å². The van der Waals surface area contributed by atoms with Crippen LogP contribution in [0.1, 0.15) is 34.6 Å². The van der Waals surface area contributed by atoms with Crippen molar-refractivity contribution in [3.05, 3.63) is 59.5 Å². The molecule has 5 rings (SSSR count). The van der Waals surface area contributed by atoms with Gasteiger partial charge in [-0.3, -0.25) is 14.3 Å². The van der Waals surface area contributed by atoms with E-state index in [-0.39, 0.29) is 5.91 Å². The van der Waals surface area contributed by atoms with Crippen LogP contribution in [0.4, 0.5) is 11.8 Å². The molecule has 1 fully saturated rings. The Morgan fingerprint density at radius 2 is 2.13 bits per heavy atom. The van der Waals surface area contributed by atoms with Crippen molar-refractivity contribution in [2.45, 2.75) is 31.7 Å². The number of rotatable bonds is 6. The quantitative estimate of drug-likeness (QED) is 0.411. The van der Waals surface area contributed by atoms with Gasteiger partial charge in [-0.15, -0.1) is 11.6 Å². The van der Waals surface area contributed by atoms with Crippen molar-refractivity contribution in [2.75, 3.05) is 5.32 Å². The highest BCUT2D eigenvalue weighted by Crippen LogP contribution is 2.26. The molecule has 3 aromatic heterocycles. The number of nitrogens with zero attached hydrogens (tertiary/aromatic N) is 4. The van der Waals surface area contributed by atoms with Gasteiger partial charge in [-0.1, -0.05) is 12.1 Å². The molecule has 1 amide bonds. The normalized spacial score (nSPS) is 13.5. The molecular formula is C21H20ClN7O. The molecule has 1 aromatic carbocycles. The number of hydrogen-bond donors (Lipinski definition) is 3. The number of carbonyl (C=O) groups is 1. The van der Waals surface area contributed by atoms with Gasteiger partial charge in [-0.05, 0) is 31.9 Å². The number of fused-ring (bicyclic) bond motifs is 1. The Morgan fingerprint density at radius 3 is 2.87 bits per heavy atom. The van der Waals surface area contributed by atoms with Crippen LogP contribution in [0.3, 0.4) is 0 Å². The molecule has 0 bridgehead atoms. The molecule has 30 heavy (non-hydrogen) atoms. The van der Waals surface area contributed by atoms with Crippen molar-refractivity contribution in [1.82, 2.24) is 29.9 Å². The summed E-state index contributed by atoms with van der Waals surface area (Å²) in [5.41, 5.74) is 4.53. The van der Waals surface area contributed by atoms with E-state index in [9.17, 15) is 4.79 Å². The van der Waals surface area contributed by atoms with Crippen LogP contribution in [-0.2, 0) is 5.88 Å². The number of nitrogens with one attached hydrogen (secondary N) is 3. The maximum Gasteiger partial charge on any atom is 0.251 e. The van der Waals surface area contributed by atoms with Crippen molar-refractivity contribution in [1.29, 1.82) is 0 Å². The van der Waals surface area contributed by atoms with E-state index in [1.54, 1.807) is 0 Å². The van der Waals surface area contributed by atoms with Gasteiger partial charge in [0.1, 0.15) is 5.65 Å². The summed E-state index contributed by atoms with van der Waals surface area (Å²) < 4.78 is 1.84. The predicted molar refractivity (Wildman–Crippen MR) is 115 cm³/mol. The zero-order valence-corrected chi connectivity index (χ0v) is 17.1. The number of H-pyrrole nitrogens is 1. The second-order valence-corrected chi connectivity index (χ2v) is 7.72. The minimum Gasteiger partial charge on any atom is -0.349 e. The number of imidazole rings is 1. The lowest BCUT2D eigenvalue weighted by atomic mass is 10.1. The summed E-state index contributed by atoms with van der Waals surface area (Å²) in [4.78, 5) is 21.8. The van der Waals surface area contributed by atoms with Crippen LogP contribution < -0.4 is 10.6 Å². The zero-order valence-electron chi connectivity index (χ0n) is 16.3. The van der Waals surface area contributed by atoms with Gasteiger partial charge in [0.15, 0.2) is 5.82 Å². The van der Waals surface area contributed by atoms with Crippen LogP contribution in [0.2, 0.25) is 0 Å². The Bertz CT molecular complexity index is 1240. The highest BCUT2D eigenvalue weighted by Gasteiger charge is 2.24. The molecule has 1 aliphatic rings. The number of anilines is 2. The van der Waals surface area contributed by atoms with Crippen LogP contribution in [0.15, 0.2) is 42.6 Å². The van der Waals surface area contributed by atoms with Gasteiger partial charge in [-0.25, -0.2) is 9.97 Å². The molecule has 0 aliphatic heterocycles. The van der Waals surface area contributed by atoms with Gasteiger partial charge < -0.3 is 10.6 Å². The molecule has 0 radical (unpaired) electrons. The van der Waals surface area contributed by atoms with Crippen molar-refractivity contribution >= 4 is 34.9 Å². The first kappa shape index (κ1) is 18.6. The van der Waals surface area contributed by atoms with Crippen LogP contribution in [0.25, 0.3) is 16.9 Å². The number of hydrogen-bond acceptors (Lipinski definition) is 5. The number of halogens is 1. The van der Waals surface area contributed by atoms with E-state index in [0.717, 1.165) is 29.8 Å². The fourth-order valence-electron chi connectivity index (χ4n) is 3.25. The number of carbonyl (C=O) groups excluding carboxylic acids is 1.